The molecule has 1 aliphatic rings. The maximum absolute atomic E-state index is 12.0. The third kappa shape index (κ3) is 5.69. The lowest BCUT2D eigenvalue weighted by atomic mass is 9.93. The van der Waals surface area contributed by atoms with Crippen LogP contribution in [0, 0.1) is 11.3 Å². The van der Waals surface area contributed by atoms with E-state index in [0.29, 0.717) is 11.3 Å². The molecule has 1 fully saturated rings. The summed E-state index contributed by atoms with van der Waals surface area (Å²) < 4.78 is 0. The maximum Gasteiger partial charge on any atom is 0.256 e. The molecule has 0 bridgehead atoms. The van der Waals surface area contributed by atoms with Gasteiger partial charge in [0.05, 0.1) is 12.1 Å². The lowest BCUT2D eigenvalue weighted by Crippen LogP contribution is -2.25. The van der Waals surface area contributed by atoms with Gasteiger partial charge in [0.2, 0.25) is 0 Å². The summed E-state index contributed by atoms with van der Waals surface area (Å²) in [5.74, 6) is -0.294. The molecule has 0 spiro atoms. The fourth-order valence-corrected chi connectivity index (χ4v) is 2.94. The van der Waals surface area contributed by atoms with Crippen LogP contribution >= 0.6 is 0 Å². The molecule has 1 unspecified atom stereocenters. The van der Waals surface area contributed by atoms with Crippen LogP contribution in [0.5, 0.6) is 0 Å². The van der Waals surface area contributed by atoms with Gasteiger partial charge in [0, 0.05) is 36.5 Å². The van der Waals surface area contributed by atoms with Crippen LogP contribution in [-0.2, 0) is 0 Å². The van der Waals surface area contributed by atoms with Crippen LogP contribution in [0.25, 0.3) is 0 Å². The lowest BCUT2D eigenvalue weighted by molar-refractivity contribution is 0.0978. The van der Waals surface area contributed by atoms with Gasteiger partial charge in [-0.25, -0.2) is 0 Å². The molecule has 0 aliphatic carbocycles. The van der Waals surface area contributed by atoms with Crippen LogP contribution in [0.1, 0.15) is 49.5 Å². The monoisotopic (exact) mass is 367 g/mol. The summed E-state index contributed by atoms with van der Waals surface area (Å²) in [5, 5.41) is 14.1. The summed E-state index contributed by atoms with van der Waals surface area (Å²) in [5.41, 5.74) is 5.26. The van der Waals surface area contributed by atoms with E-state index in [4.69, 9.17) is 10.4 Å². The molecule has 1 aromatic rings. The Morgan fingerprint density at radius 3 is 2.48 bits per heavy atom. The van der Waals surface area contributed by atoms with Crippen molar-refractivity contribution in [2.24, 2.45) is 15.9 Å². The van der Waals surface area contributed by atoms with Crippen LogP contribution in [0.15, 0.2) is 45.5 Å². The molecule has 1 amide bonds. The lowest BCUT2D eigenvalue weighted by Gasteiger charge is -2.19. The molecule has 1 atom stereocenters. The Morgan fingerprint density at radius 1 is 1.26 bits per heavy atom. The van der Waals surface area contributed by atoms with E-state index in [-0.39, 0.29) is 11.8 Å². The number of nitrogens with zero attached hydrogens (tertiary/aromatic N) is 2. The molecule has 6 nitrogen and oxygen atoms in total. The highest BCUT2D eigenvalue weighted by Crippen LogP contribution is 2.19. The SMILES string of the molecule is CN=CNC(=O)c1ccc(C(=NC(C)=C2CCCNC2)C(C)C(C)=N)cc1. The molecular formula is C21H29N5O. The number of allylic oxidation sites excluding steroid dienone is 1. The Kier molecular flexibility index (Phi) is 7.61. The zero-order valence-corrected chi connectivity index (χ0v) is 16.6. The second-order valence-corrected chi connectivity index (χ2v) is 6.81. The second-order valence-electron chi connectivity index (χ2n) is 6.81. The van der Waals surface area contributed by atoms with Crippen molar-refractivity contribution in [1.29, 1.82) is 5.41 Å². The topological polar surface area (TPSA) is 89.7 Å². The molecule has 3 N–H and O–H groups in total. The molecule has 0 aromatic heterocycles. The summed E-state index contributed by atoms with van der Waals surface area (Å²) in [6.45, 7) is 7.77. The predicted octanol–water partition coefficient (Wildman–Crippen LogP) is 3.20. The van der Waals surface area contributed by atoms with Gasteiger partial charge in [0.1, 0.15) is 0 Å². The van der Waals surface area contributed by atoms with Crippen molar-refractivity contribution < 1.29 is 4.79 Å². The summed E-state index contributed by atoms with van der Waals surface area (Å²) in [7, 11) is 1.60. The van der Waals surface area contributed by atoms with Crippen molar-refractivity contribution in [3.05, 3.63) is 46.7 Å². The van der Waals surface area contributed by atoms with Crippen molar-refractivity contribution >= 4 is 23.7 Å². The van der Waals surface area contributed by atoms with Crippen molar-refractivity contribution in [2.45, 2.75) is 33.6 Å². The van der Waals surface area contributed by atoms with Crippen LogP contribution < -0.4 is 10.6 Å². The molecule has 144 valence electrons. The Hall–Kier alpha value is -2.60. The molecule has 1 aliphatic heterocycles. The first-order valence-corrected chi connectivity index (χ1v) is 9.29. The number of piperidine rings is 1. The van der Waals surface area contributed by atoms with Gasteiger partial charge in [0.25, 0.3) is 5.91 Å². The highest BCUT2D eigenvalue weighted by Gasteiger charge is 2.17. The Balaban J connectivity index is 2.35. The highest BCUT2D eigenvalue weighted by molar-refractivity contribution is 6.14. The van der Waals surface area contributed by atoms with Crippen molar-refractivity contribution in [1.82, 2.24) is 10.6 Å². The number of carbonyl (C=O) groups is 1. The zero-order valence-electron chi connectivity index (χ0n) is 16.6. The third-order valence-electron chi connectivity index (χ3n) is 4.80. The van der Waals surface area contributed by atoms with Crippen LogP contribution in [0.3, 0.4) is 0 Å². The smallest absolute Gasteiger partial charge is 0.256 e. The van der Waals surface area contributed by atoms with Gasteiger partial charge in [0.15, 0.2) is 0 Å². The largest absolute Gasteiger partial charge is 0.313 e. The standard InChI is InChI=1S/C21H29N5O/c1-14(15(2)22)20(26-16(3)19-6-5-11-24-12-19)17-7-9-18(10-8-17)21(27)25-13-23-4/h7-10,13-14,22,24H,5-6,11-12H2,1-4H3,(H,23,25,27). The van der Waals surface area contributed by atoms with E-state index < -0.39 is 0 Å². The van der Waals surface area contributed by atoms with E-state index in [0.717, 1.165) is 42.9 Å². The molecule has 0 radical (unpaired) electrons. The first-order chi connectivity index (χ1) is 12.9. The fourth-order valence-electron chi connectivity index (χ4n) is 2.94. The zero-order chi connectivity index (χ0) is 19.8. The van der Waals surface area contributed by atoms with Gasteiger partial charge in [-0.15, -0.1) is 0 Å². The first-order valence-electron chi connectivity index (χ1n) is 9.29. The Labute approximate surface area is 161 Å². The van der Waals surface area contributed by atoms with Crippen molar-refractivity contribution in [2.75, 3.05) is 20.1 Å². The second kappa shape index (κ2) is 9.92. The number of rotatable bonds is 6. The maximum atomic E-state index is 12.0. The van der Waals surface area contributed by atoms with E-state index in [1.165, 1.54) is 11.9 Å². The molecule has 6 heteroatoms. The number of amides is 1. The third-order valence-corrected chi connectivity index (χ3v) is 4.80. The Morgan fingerprint density at radius 2 is 1.93 bits per heavy atom. The molecule has 27 heavy (non-hydrogen) atoms. The minimum Gasteiger partial charge on any atom is -0.313 e. The molecule has 0 saturated carbocycles. The van der Waals surface area contributed by atoms with E-state index in [9.17, 15) is 4.79 Å². The van der Waals surface area contributed by atoms with E-state index in [2.05, 4.69) is 15.6 Å². The van der Waals surface area contributed by atoms with Gasteiger partial charge in [-0.3, -0.25) is 14.8 Å². The summed E-state index contributed by atoms with van der Waals surface area (Å²) >= 11 is 0. The molecule has 1 heterocycles. The van der Waals surface area contributed by atoms with Crippen molar-refractivity contribution in [3.63, 3.8) is 0 Å². The summed E-state index contributed by atoms with van der Waals surface area (Å²) in [6, 6.07) is 7.35. The number of hydrogen-bond donors (Lipinski definition) is 3. The van der Waals surface area contributed by atoms with Gasteiger partial charge < -0.3 is 16.0 Å². The predicted molar refractivity (Wildman–Crippen MR) is 112 cm³/mol. The van der Waals surface area contributed by atoms with Crippen LogP contribution in [0.2, 0.25) is 0 Å². The molecule has 1 saturated heterocycles. The minimum atomic E-state index is -0.200. The molecular weight excluding hydrogens is 338 g/mol. The normalized spacial score (nSPS) is 18.3. The number of aliphatic imine (C=N–C) groups is 2. The number of benzene rings is 1. The number of hydrogen-bond acceptors (Lipinski definition) is 5. The highest BCUT2D eigenvalue weighted by atomic mass is 16.1. The quantitative estimate of drug-likeness (QED) is 0.532. The minimum absolute atomic E-state index is 0.0935. The first kappa shape index (κ1) is 20.7. The average Bonchev–Trinajstić information content (AvgIpc) is 2.70. The van der Waals surface area contributed by atoms with Gasteiger partial charge in [-0.2, -0.15) is 0 Å². The Bertz CT molecular complexity index is 766. The van der Waals surface area contributed by atoms with Crippen molar-refractivity contribution in [3.8, 4) is 0 Å². The molecule has 2 rings (SSSR count). The number of nitrogens with one attached hydrogen (secondary N) is 3. The fraction of sp³-hybridized carbons (Fsp3) is 0.429. The molecule has 1 aromatic carbocycles. The van der Waals surface area contributed by atoms with E-state index >= 15 is 0 Å². The average molecular weight is 367 g/mol. The number of carbonyl (C=O) groups excluding carboxylic acids is 1. The van der Waals surface area contributed by atoms with E-state index in [1.807, 2.05) is 26.0 Å². The van der Waals surface area contributed by atoms with E-state index in [1.54, 1.807) is 26.1 Å². The summed E-state index contributed by atoms with van der Waals surface area (Å²) in [6.07, 6.45) is 3.56. The summed E-state index contributed by atoms with van der Waals surface area (Å²) in [4.78, 5) is 20.7. The van der Waals surface area contributed by atoms with Crippen LogP contribution in [-0.4, -0.2) is 43.8 Å². The van der Waals surface area contributed by atoms with Gasteiger partial charge in [-0.05, 0) is 56.5 Å². The van der Waals surface area contributed by atoms with Gasteiger partial charge >= 0.3 is 0 Å². The van der Waals surface area contributed by atoms with Crippen LogP contribution in [0.4, 0.5) is 0 Å². The van der Waals surface area contributed by atoms with Gasteiger partial charge in [-0.1, -0.05) is 19.1 Å².